The minimum atomic E-state index is -0.477. The smallest absolute Gasteiger partial charge is 0.252 e. The minimum Gasteiger partial charge on any atom is -0.366 e. The predicted octanol–water partition coefficient (Wildman–Crippen LogP) is 3.34. The maximum Gasteiger partial charge on any atom is 0.252 e. The molecule has 1 amide bonds. The van der Waals surface area contributed by atoms with Crippen LogP contribution in [0, 0.1) is 0 Å². The van der Waals surface area contributed by atoms with Crippen LogP contribution in [0.5, 0.6) is 0 Å². The number of benzene rings is 1. The van der Waals surface area contributed by atoms with E-state index in [2.05, 4.69) is 15.1 Å². The molecule has 0 bridgehead atoms. The summed E-state index contributed by atoms with van der Waals surface area (Å²) in [5, 5.41) is 3.98. The highest BCUT2D eigenvalue weighted by molar-refractivity contribution is 7.14. The fraction of sp³-hybridized carbons (Fsp3) is 0.294. The van der Waals surface area contributed by atoms with E-state index in [-0.39, 0.29) is 18.6 Å². The van der Waals surface area contributed by atoms with Crippen LogP contribution in [0.1, 0.15) is 24.4 Å². The first-order chi connectivity index (χ1) is 12.6. The van der Waals surface area contributed by atoms with Crippen LogP contribution >= 0.6 is 22.9 Å². The van der Waals surface area contributed by atoms with Crippen LogP contribution in [-0.4, -0.2) is 38.6 Å². The number of amides is 1. The van der Waals surface area contributed by atoms with Gasteiger partial charge in [-0.15, -0.1) is 11.3 Å². The van der Waals surface area contributed by atoms with E-state index in [1.807, 2.05) is 37.3 Å². The van der Waals surface area contributed by atoms with Crippen molar-refractivity contribution in [1.29, 1.82) is 0 Å². The van der Waals surface area contributed by atoms with Crippen molar-refractivity contribution in [2.75, 3.05) is 6.61 Å². The number of nitrogens with zero attached hydrogens (tertiary/aromatic N) is 4. The lowest BCUT2D eigenvalue weighted by Gasteiger charge is -2.37. The van der Waals surface area contributed by atoms with E-state index in [4.69, 9.17) is 20.9 Å². The lowest BCUT2D eigenvalue weighted by molar-refractivity contribution is -0.159. The van der Waals surface area contributed by atoms with Gasteiger partial charge in [-0.2, -0.15) is 4.98 Å². The molecule has 1 fully saturated rings. The molecule has 0 aliphatic carbocycles. The number of morpholine rings is 1. The first-order valence-electron chi connectivity index (χ1n) is 8.01. The molecule has 9 heteroatoms. The second kappa shape index (κ2) is 7.14. The molecule has 2 aromatic heterocycles. The highest BCUT2D eigenvalue weighted by Crippen LogP contribution is 2.33. The molecule has 0 unspecified atom stereocenters. The molecular formula is C17H15ClN4O3S. The van der Waals surface area contributed by atoms with Crippen LogP contribution in [0.25, 0.3) is 11.5 Å². The maximum atomic E-state index is 12.5. The second-order valence-electron chi connectivity index (χ2n) is 5.90. The van der Waals surface area contributed by atoms with E-state index in [1.54, 1.807) is 10.4 Å². The standard InChI is InChI=1S/C17H15ClN4O3S/c1-10-14(17-20-16(21-25-17)13-15(18)26-9-19-13)22(12(23)8-24-10)7-11-5-3-2-4-6-11/h2-6,9-10,14H,7-8H2,1H3/t10-,14+/m1/s1. The van der Waals surface area contributed by atoms with Gasteiger partial charge >= 0.3 is 0 Å². The van der Waals surface area contributed by atoms with Crippen molar-refractivity contribution in [3.8, 4) is 11.5 Å². The summed E-state index contributed by atoms with van der Waals surface area (Å²) in [6, 6.07) is 9.28. The fourth-order valence-electron chi connectivity index (χ4n) is 2.92. The Morgan fingerprint density at radius 2 is 2.15 bits per heavy atom. The van der Waals surface area contributed by atoms with Gasteiger partial charge in [0.25, 0.3) is 5.89 Å². The minimum absolute atomic E-state index is 0.0312. The normalized spacial score (nSPS) is 20.5. The van der Waals surface area contributed by atoms with Crippen molar-refractivity contribution < 1.29 is 14.1 Å². The summed E-state index contributed by atoms with van der Waals surface area (Å²) in [6.45, 7) is 2.35. The van der Waals surface area contributed by atoms with Crippen molar-refractivity contribution in [1.82, 2.24) is 20.0 Å². The number of carbonyl (C=O) groups excluding carboxylic acids is 1. The summed E-state index contributed by atoms with van der Waals surface area (Å²) in [7, 11) is 0. The molecule has 0 saturated carbocycles. The van der Waals surface area contributed by atoms with Gasteiger partial charge in [0.2, 0.25) is 11.7 Å². The molecule has 0 spiro atoms. The average molecular weight is 391 g/mol. The topological polar surface area (TPSA) is 81.4 Å². The van der Waals surface area contributed by atoms with Gasteiger partial charge in [0, 0.05) is 6.54 Å². The van der Waals surface area contributed by atoms with Gasteiger partial charge in [-0.1, -0.05) is 47.1 Å². The van der Waals surface area contributed by atoms with Crippen LogP contribution in [-0.2, 0) is 16.1 Å². The Labute approximate surface area is 158 Å². The lowest BCUT2D eigenvalue weighted by Crippen LogP contribution is -2.47. The molecule has 4 rings (SSSR count). The predicted molar refractivity (Wildman–Crippen MR) is 95.6 cm³/mol. The summed E-state index contributed by atoms with van der Waals surface area (Å²) >= 11 is 7.39. The maximum absolute atomic E-state index is 12.5. The number of hydrogen-bond donors (Lipinski definition) is 0. The quantitative estimate of drug-likeness (QED) is 0.679. The molecule has 26 heavy (non-hydrogen) atoms. The van der Waals surface area contributed by atoms with Crippen LogP contribution in [0.15, 0.2) is 40.4 Å². The third-order valence-electron chi connectivity index (χ3n) is 4.20. The van der Waals surface area contributed by atoms with E-state index >= 15 is 0 Å². The molecular weight excluding hydrogens is 376 g/mol. The molecule has 1 aliphatic rings. The number of hydrogen-bond acceptors (Lipinski definition) is 7. The van der Waals surface area contributed by atoms with Crippen molar-refractivity contribution in [2.45, 2.75) is 25.6 Å². The number of ether oxygens (including phenoxy) is 1. The van der Waals surface area contributed by atoms with Gasteiger partial charge in [-0.3, -0.25) is 4.79 Å². The van der Waals surface area contributed by atoms with E-state index in [1.165, 1.54) is 11.3 Å². The molecule has 134 valence electrons. The Balaban J connectivity index is 1.66. The molecule has 1 aliphatic heterocycles. The zero-order valence-electron chi connectivity index (χ0n) is 13.8. The van der Waals surface area contributed by atoms with Crippen LogP contribution < -0.4 is 0 Å². The first-order valence-corrected chi connectivity index (χ1v) is 9.27. The van der Waals surface area contributed by atoms with Crippen molar-refractivity contribution in [3.63, 3.8) is 0 Å². The highest BCUT2D eigenvalue weighted by Gasteiger charge is 2.39. The molecule has 3 aromatic rings. The number of aromatic nitrogens is 3. The van der Waals surface area contributed by atoms with Crippen molar-refractivity contribution in [3.05, 3.63) is 51.6 Å². The van der Waals surface area contributed by atoms with Crippen molar-refractivity contribution >= 4 is 28.8 Å². The first kappa shape index (κ1) is 17.1. The summed E-state index contributed by atoms with van der Waals surface area (Å²) in [6.07, 6.45) is -0.282. The van der Waals surface area contributed by atoms with Gasteiger partial charge in [0.15, 0.2) is 0 Å². The molecule has 2 atom stereocenters. The van der Waals surface area contributed by atoms with E-state index in [0.717, 1.165) is 5.56 Å². The fourth-order valence-corrected chi connectivity index (χ4v) is 3.67. The Kier molecular flexibility index (Phi) is 4.71. The third kappa shape index (κ3) is 3.23. The van der Waals surface area contributed by atoms with Gasteiger partial charge in [0.1, 0.15) is 22.7 Å². The summed E-state index contributed by atoms with van der Waals surface area (Å²) in [5.74, 6) is 0.486. The van der Waals surface area contributed by atoms with Crippen LogP contribution in [0.4, 0.5) is 0 Å². The average Bonchev–Trinajstić information content (AvgIpc) is 3.28. The summed E-state index contributed by atoms with van der Waals surface area (Å²) in [5.41, 5.74) is 3.10. The Morgan fingerprint density at radius 1 is 1.35 bits per heavy atom. The molecule has 3 heterocycles. The molecule has 0 N–H and O–H groups in total. The van der Waals surface area contributed by atoms with Gasteiger partial charge < -0.3 is 14.2 Å². The molecule has 1 aromatic carbocycles. The van der Waals surface area contributed by atoms with E-state index in [9.17, 15) is 4.79 Å². The zero-order chi connectivity index (χ0) is 18.1. The van der Waals surface area contributed by atoms with Gasteiger partial charge in [-0.05, 0) is 12.5 Å². The monoisotopic (exact) mass is 390 g/mol. The SMILES string of the molecule is C[C@H]1OCC(=O)N(Cc2ccccc2)[C@@H]1c1nc(-c2ncsc2Cl)no1. The number of thiazole rings is 1. The third-order valence-corrected chi connectivity index (χ3v) is 5.25. The molecule has 7 nitrogen and oxygen atoms in total. The Morgan fingerprint density at radius 3 is 2.88 bits per heavy atom. The van der Waals surface area contributed by atoms with Crippen molar-refractivity contribution in [2.24, 2.45) is 0 Å². The Hall–Kier alpha value is -2.29. The number of rotatable bonds is 4. The number of halogens is 1. The second-order valence-corrected chi connectivity index (χ2v) is 7.36. The van der Waals surface area contributed by atoms with Crippen LogP contribution in [0.3, 0.4) is 0 Å². The van der Waals surface area contributed by atoms with Crippen LogP contribution in [0.2, 0.25) is 4.34 Å². The molecule has 1 saturated heterocycles. The largest absolute Gasteiger partial charge is 0.366 e. The summed E-state index contributed by atoms with van der Waals surface area (Å²) in [4.78, 5) is 22.8. The summed E-state index contributed by atoms with van der Waals surface area (Å²) < 4.78 is 11.5. The lowest BCUT2D eigenvalue weighted by atomic mass is 10.1. The van der Waals surface area contributed by atoms with E-state index in [0.29, 0.717) is 28.3 Å². The van der Waals surface area contributed by atoms with Gasteiger partial charge in [-0.25, -0.2) is 4.98 Å². The molecule has 0 radical (unpaired) electrons. The zero-order valence-corrected chi connectivity index (χ0v) is 15.4. The highest BCUT2D eigenvalue weighted by atomic mass is 35.5. The van der Waals surface area contributed by atoms with Gasteiger partial charge in [0.05, 0.1) is 11.6 Å². The Bertz CT molecular complexity index is 914. The number of carbonyl (C=O) groups is 1. The van der Waals surface area contributed by atoms with E-state index < -0.39 is 6.04 Å².